The third-order valence-corrected chi connectivity index (χ3v) is 1.59. The van der Waals surface area contributed by atoms with Crippen molar-refractivity contribution in [2.24, 2.45) is 0 Å². The molecule has 0 bridgehead atoms. The molecule has 2 aromatic rings. The zero-order valence-electron chi connectivity index (χ0n) is 6.81. The third-order valence-electron chi connectivity index (χ3n) is 1.59. The predicted molar refractivity (Wildman–Crippen MR) is 47.5 cm³/mol. The van der Waals surface area contributed by atoms with Crippen molar-refractivity contribution in [3.05, 3.63) is 48.8 Å². The molecule has 0 atom stereocenters. The van der Waals surface area contributed by atoms with E-state index in [1.807, 2.05) is 36.4 Å². The largest absolute Gasteiger partial charge is 1.00 e. The third kappa shape index (κ3) is 2.38. The molecule has 0 unspecified atom stereocenters. The van der Waals surface area contributed by atoms with Gasteiger partial charge in [-0.2, -0.15) is 0 Å². The second kappa shape index (κ2) is 4.75. The quantitative estimate of drug-likeness (QED) is 0.687. The Morgan fingerprint density at radius 2 is 1.15 bits per heavy atom. The SMILES string of the molecule is [Cu+].c1ccc(-c2ccccn2)nc1. The fraction of sp³-hybridized carbons (Fsp3) is 0. The molecule has 13 heavy (non-hydrogen) atoms. The molecule has 2 nitrogen and oxygen atoms in total. The van der Waals surface area contributed by atoms with Gasteiger partial charge in [0.1, 0.15) is 0 Å². The Morgan fingerprint density at radius 1 is 0.692 bits per heavy atom. The van der Waals surface area contributed by atoms with Crippen molar-refractivity contribution < 1.29 is 17.1 Å². The monoisotopic (exact) mass is 219 g/mol. The summed E-state index contributed by atoms with van der Waals surface area (Å²) in [5.74, 6) is 0. The number of hydrogen-bond acceptors (Lipinski definition) is 2. The molecule has 0 aliphatic carbocycles. The van der Waals surface area contributed by atoms with E-state index in [-0.39, 0.29) is 17.1 Å². The van der Waals surface area contributed by atoms with Gasteiger partial charge in [-0.1, -0.05) is 12.1 Å². The van der Waals surface area contributed by atoms with Crippen LogP contribution >= 0.6 is 0 Å². The fourth-order valence-electron chi connectivity index (χ4n) is 1.03. The van der Waals surface area contributed by atoms with Crippen LogP contribution in [0.3, 0.4) is 0 Å². The van der Waals surface area contributed by atoms with Crippen LogP contribution in [0.25, 0.3) is 11.4 Å². The number of hydrogen-bond donors (Lipinski definition) is 0. The van der Waals surface area contributed by atoms with Crippen LogP contribution in [0, 0.1) is 0 Å². The number of rotatable bonds is 1. The molecule has 2 rings (SSSR count). The first kappa shape index (κ1) is 9.90. The molecule has 0 fully saturated rings. The molecule has 0 amide bonds. The molecule has 0 saturated carbocycles. The van der Waals surface area contributed by atoms with E-state index in [4.69, 9.17) is 0 Å². The van der Waals surface area contributed by atoms with Gasteiger partial charge >= 0.3 is 17.1 Å². The Hall–Kier alpha value is -1.18. The molecule has 0 N–H and O–H groups in total. The summed E-state index contributed by atoms with van der Waals surface area (Å²) in [5, 5.41) is 0. The molecule has 0 spiro atoms. The molecule has 3 heteroatoms. The van der Waals surface area contributed by atoms with Crippen LogP contribution in [-0.2, 0) is 17.1 Å². The van der Waals surface area contributed by atoms with E-state index in [1.54, 1.807) is 12.4 Å². The second-order valence-electron chi connectivity index (χ2n) is 2.43. The van der Waals surface area contributed by atoms with E-state index in [0.717, 1.165) is 11.4 Å². The molecule has 0 radical (unpaired) electrons. The Kier molecular flexibility index (Phi) is 3.62. The Bertz CT molecular complexity index is 310. The van der Waals surface area contributed by atoms with Gasteiger partial charge in [-0.15, -0.1) is 0 Å². The maximum absolute atomic E-state index is 4.19. The summed E-state index contributed by atoms with van der Waals surface area (Å²) in [4.78, 5) is 8.37. The van der Waals surface area contributed by atoms with Gasteiger partial charge < -0.3 is 0 Å². The van der Waals surface area contributed by atoms with Crippen LogP contribution in [0.5, 0.6) is 0 Å². The van der Waals surface area contributed by atoms with Gasteiger partial charge in [-0.3, -0.25) is 9.97 Å². The predicted octanol–water partition coefficient (Wildman–Crippen LogP) is 2.14. The number of aromatic nitrogens is 2. The molecule has 0 aliphatic heterocycles. The zero-order valence-corrected chi connectivity index (χ0v) is 7.76. The average Bonchev–Trinajstić information content (AvgIpc) is 2.21. The van der Waals surface area contributed by atoms with Crippen molar-refractivity contribution in [3.63, 3.8) is 0 Å². The minimum Gasteiger partial charge on any atom is -0.255 e. The Morgan fingerprint density at radius 3 is 1.46 bits per heavy atom. The summed E-state index contributed by atoms with van der Waals surface area (Å²) in [6, 6.07) is 11.6. The van der Waals surface area contributed by atoms with Gasteiger partial charge in [-0.25, -0.2) is 0 Å². The van der Waals surface area contributed by atoms with Crippen LogP contribution in [0.15, 0.2) is 48.8 Å². The molecule has 0 saturated heterocycles. The second-order valence-corrected chi connectivity index (χ2v) is 2.43. The summed E-state index contributed by atoms with van der Waals surface area (Å²) >= 11 is 0. The average molecular weight is 220 g/mol. The Balaban J connectivity index is 0.000000845. The minimum atomic E-state index is 0. The fourth-order valence-corrected chi connectivity index (χ4v) is 1.03. The van der Waals surface area contributed by atoms with Crippen molar-refractivity contribution in [2.75, 3.05) is 0 Å². The van der Waals surface area contributed by atoms with Crippen LogP contribution in [0.4, 0.5) is 0 Å². The van der Waals surface area contributed by atoms with Crippen LogP contribution in [-0.4, -0.2) is 9.97 Å². The molecule has 68 valence electrons. The first-order valence-electron chi connectivity index (χ1n) is 3.79. The summed E-state index contributed by atoms with van der Waals surface area (Å²) in [6.45, 7) is 0. The van der Waals surface area contributed by atoms with Crippen molar-refractivity contribution in [3.8, 4) is 11.4 Å². The van der Waals surface area contributed by atoms with E-state index in [1.165, 1.54) is 0 Å². The molecule has 0 aliphatic rings. The standard InChI is InChI=1S/C10H8N2.Cu/c1-3-7-11-9(5-1)10-6-2-4-8-12-10;/h1-8H;/q;+1. The summed E-state index contributed by atoms with van der Waals surface area (Å²) in [6.07, 6.45) is 3.54. The van der Waals surface area contributed by atoms with E-state index in [0.29, 0.717) is 0 Å². The van der Waals surface area contributed by atoms with E-state index < -0.39 is 0 Å². The molecule has 2 aromatic heterocycles. The van der Waals surface area contributed by atoms with Crippen LogP contribution in [0.1, 0.15) is 0 Å². The van der Waals surface area contributed by atoms with Crippen molar-refractivity contribution >= 4 is 0 Å². The van der Waals surface area contributed by atoms with Crippen LogP contribution in [0.2, 0.25) is 0 Å². The summed E-state index contributed by atoms with van der Waals surface area (Å²) < 4.78 is 0. The minimum absolute atomic E-state index is 0. The zero-order chi connectivity index (χ0) is 8.23. The van der Waals surface area contributed by atoms with E-state index >= 15 is 0 Å². The van der Waals surface area contributed by atoms with E-state index in [9.17, 15) is 0 Å². The summed E-state index contributed by atoms with van der Waals surface area (Å²) in [7, 11) is 0. The number of pyridine rings is 2. The normalized spacial score (nSPS) is 8.92. The van der Waals surface area contributed by atoms with Crippen LogP contribution < -0.4 is 0 Å². The van der Waals surface area contributed by atoms with Crippen molar-refractivity contribution in [1.29, 1.82) is 0 Å². The molecule has 2 heterocycles. The van der Waals surface area contributed by atoms with Crippen molar-refractivity contribution in [1.82, 2.24) is 9.97 Å². The topological polar surface area (TPSA) is 25.8 Å². The molecular weight excluding hydrogens is 212 g/mol. The smallest absolute Gasteiger partial charge is 0.255 e. The number of nitrogens with zero attached hydrogens (tertiary/aromatic N) is 2. The van der Waals surface area contributed by atoms with Gasteiger partial charge in [0.25, 0.3) is 0 Å². The maximum Gasteiger partial charge on any atom is 1.00 e. The van der Waals surface area contributed by atoms with Gasteiger partial charge in [0.05, 0.1) is 11.4 Å². The van der Waals surface area contributed by atoms with Gasteiger partial charge in [0.2, 0.25) is 0 Å². The first-order valence-corrected chi connectivity index (χ1v) is 3.79. The van der Waals surface area contributed by atoms with Gasteiger partial charge in [0.15, 0.2) is 0 Å². The van der Waals surface area contributed by atoms with Gasteiger partial charge in [0, 0.05) is 12.4 Å². The molecular formula is C10H8CuN2+. The Labute approximate surface area is 87.5 Å². The van der Waals surface area contributed by atoms with Gasteiger partial charge in [-0.05, 0) is 24.3 Å². The first-order chi connectivity index (χ1) is 5.97. The van der Waals surface area contributed by atoms with E-state index in [2.05, 4.69) is 9.97 Å². The van der Waals surface area contributed by atoms with Crippen molar-refractivity contribution in [2.45, 2.75) is 0 Å². The maximum atomic E-state index is 4.19. The molecule has 0 aromatic carbocycles. The summed E-state index contributed by atoms with van der Waals surface area (Å²) in [5.41, 5.74) is 1.83.